The van der Waals surface area contributed by atoms with Gasteiger partial charge >= 0.3 is 0 Å². The molecule has 262 valence electrons. The molecule has 11 aromatic carbocycles. The quantitative estimate of drug-likeness (QED) is 0.123. The molecule has 0 heteroatoms. The normalized spacial score (nSPS) is 13.4. The molecule has 1 spiro atoms. The average Bonchev–Trinajstić information content (AvgIpc) is 3.73. The van der Waals surface area contributed by atoms with E-state index in [2.05, 4.69) is 206 Å². The van der Waals surface area contributed by atoms with Gasteiger partial charge in [-0.1, -0.05) is 176 Å². The Morgan fingerprint density at radius 2 is 0.807 bits per heavy atom. The molecular formula is C57H34. The Bertz CT molecular complexity index is 3480. The summed E-state index contributed by atoms with van der Waals surface area (Å²) < 4.78 is 0. The lowest BCUT2D eigenvalue weighted by molar-refractivity contribution is 0.795. The molecule has 57 heavy (non-hydrogen) atoms. The highest BCUT2D eigenvalue weighted by atomic mass is 14.5. The van der Waals surface area contributed by atoms with E-state index in [1.165, 1.54) is 121 Å². The van der Waals surface area contributed by atoms with E-state index < -0.39 is 5.41 Å². The Balaban J connectivity index is 1.14. The molecule has 0 N–H and O–H groups in total. The van der Waals surface area contributed by atoms with Gasteiger partial charge in [0.1, 0.15) is 0 Å². The van der Waals surface area contributed by atoms with E-state index in [1.54, 1.807) is 0 Å². The van der Waals surface area contributed by atoms with E-state index in [0.717, 1.165) is 0 Å². The monoisotopic (exact) mass is 718 g/mol. The van der Waals surface area contributed by atoms with E-state index in [4.69, 9.17) is 0 Å². The first-order valence-corrected chi connectivity index (χ1v) is 20.0. The third-order valence-electron chi connectivity index (χ3n) is 13.2. The number of rotatable bonds is 2. The lowest BCUT2D eigenvalue weighted by Crippen LogP contribution is -2.26. The van der Waals surface area contributed by atoms with E-state index in [1.807, 2.05) is 0 Å². The predicted octanol–water partition coefficient (Wildman–Crippen LogP) is 15.1. The summed E-state index contributed by atoms with van der Waals surface area (Å²) in [5, 5.41) is 12.8. The Morgan fingerprint density at radius 3 is 1.63 bits per heavy atom. The van der Waals surface area contributed by atoms with Crippen molar-refractivity contribution in [1.82, 2.24) is 0 Å². The third-order valence-corrected chi connectivity index (χ3v) is 13.2. The Kier molecular flexibility index (Phi) is 6.19. The number of hydrogen-bond acceptors (Lipinski definition) is 0. The molecule has 0 aliphatic heterocycles. The summed E-state index contributed by atoms with van der Waals surface area (Å²) in [4.78, 5) is 0. The minimum Gasteiger partial charge on any atom is -0.0619 e. The lowest BCUT2D eigenvalue weighted by Gasteiger charge is -2.31. The van der Waals surface area contributed by atoms with Crippen LogP contribution in [0.25, 0.3) is 98.4 Å². The largest absolute Gasteiger partial charge is 0.0725 e. The number of benzene rings is 11. The van der Waals surface area contributed by atoms with Gasteiger partial charge < -0.3 is 0 Å². The van der Waals surface area contributed by atoms with Crippen molar-refractivity contribution in [2.45, 2.75) is 5.41 Å². The minimum atomic E-state index is -0.481. The summed E-state index contributed by atoms with van der Waals surface area (Å²) in [6, 6.07) is 77.9. The molecule has 0 radical (unpaired) electrons. The fourth-order valence-corrected chi connectivity index (χ4v) is 10.8. The van der Waals surface area contributed by atoms with Crippen molar-refractivity contribution >= 4 is 53.9 Å². The maximum atomic E-state index is 2.56. The third kappa shape index (κ3) is 4.12. The van der Waals surface area contributed by atoms with Crippen LogP contribution >= 0.6 is 0 Å². The van der Waals surface area contributed by atoms with E-state index >= 15 is 0 Å². The Morgan fingerprint density at radius 1 is 0.228 bits per heavy atom. The molecule has 0 fully saturated rings. The highest BCUT2D eigenvalue weighted by molar-refractivity contribution is 6.20. The number of hydrogen-bond donors (Lipinski definition) is 0. The molecule has 0 bridgehead atoms. The van der Waals surface area contributed by atoms with Crippen molar-refractivity contribution in [2.24, 2.45) is 0 Å². The van der Waals surface area contributed by atoms with Gasteiger partial charge in [0, 0.05) is 0 Å². The maximum Gasteiger partial charge on any atom is 0.0725 e. The van der Waals surface area contributed by atoms with Crippen molar-refractivity contribution in [3.05, 3.63) is 229 Å². The minimum absolute atomic E-state index is 0.481. The van der Waals surface area contributed by atoms with Crippen LogP contribution < -0.4 is 0 Å². The fraction of sp³-hybridized carbons (Fsp3) is 0.0175. The zero-order valence-corrected chi connectivity index (χ0v) is 31.1. The van der Waals surface area contributed by atoms with Gasteiger partial charge in [-0.15, -0.1) is 0 Å². The van der Waals surface area contributed by atoms with Crippen LogP contribution in [0.15, 0.2) is 206 Å². The summed E-state index contributed by atoms with van der Waals surface area (Å²) in [7, 11) is 0. The molecule has 0 amide bonds. The van der Waals surface area contributed by atoms with Gasteiger partial charge in [0.15, 0.2) is 0 Å². The summed E-state index contributed by atoms with van der Waals surface area (Å²) in [5.41, 5.74) is 15.3. The highest BCUT2D eigenvalue weighted by Crippen LogP contribution is 2.64. The SMILES string of the molecule is c1ccc2c(c1)-c1ccccc1C21c2cc(-c3c4ccccc4cc4c3ccc3ccccc34)ccc2-c2cc3cccc(-c4ccc5ccccc5c4)c3cc21. The van der Waals surface area contributed by atoms with E-state index in [0.29, 0.717) is 0 Å². The van der Waals surface area contributed by atoms with Crippen molar-refractivity contribution in [2.75, 3.05) is 0 Å². The maximum absolute atomic E-state index is 2.56. The molecule has 0 atom stereocenters. The predicted molar refractivity (Wildman–Crippen MR) is 241 cm³/mol. The molecule has 0 nitrogen and oxygen atoms in total. The fourth-order valence-electron chi connectivity index (χ4n) is 10.8. The molecular weight excluding hydrogens is 685 g/mol. The van der Waals surface area contributed by atoms with E-state index in [-0.39, 0.29) is 0 Å². The Labute approximate surface area is 330 Å². The van der Waals surface area contributed by atoms with Gasteiger partial charge in [-0.25, -0.2) is 0 Å². The second-order valence-corrected chi connectivity index (χ2v) is 15.9. The first-order valence-electron chi connectivity index (χ1n) is 20.0. The molecule has 0 aromatic heterocycles. The van der Waals surface area contributed by atoms with Crippen LogP contribution in [-0.2, 0) is 5.41 Å². The molecule has 13 rings (SSSR count). The summed E-state index contributed by atoms with van der Waals surface area (Å²) >= 11 is 0. The molecule has 0 unspecified atom stereocenters. The van der Waals surface area contributed by atoms with Gasteiger partial charge in [-0.3, -0.25) is 0 Å². The van der Waals surface area contributed by atoms with Gasteiger partial charge in [0.25, 0.3) is 0 Å². The summed E-state index contributed by atoms with van der Waals surface area (Å²) in [5.74, 6) is 0. The van der Waals surface area contributed by atoms with Gasteiger partial charge in [-0.2, -0.15) is 0 Å². The van der Waals surface area contributed by atoms with Gasteiger partial charge in [0.05, 0.1) is 5.41 Å². The standard InChI is InChI=1S/C57H34/c1-2-14-37-30-40(25-24-35(37)12-1)43-21-11-16-39-32-51-47-28-27-41(56-44-18-6-4-15-38(44)31-50-42-17-5-3-13-36(42)26-29-48(50)56)33-54(47)57(55(51)34-49(39)43)52-22-9-7-19-45(52)46-20-8-10-23-53(46)57/h1-34H. The highest BCUT2D eigenvalue weighted by Gasteiger charge is 2.51. The number of fused-ring (bicyclic) bond motifs is 16. The van der Waals surface area contributed by atoms with Crippen LogP contribution in [0.3, 0.4) is 0 Å². The molecule has 0 heterocycles. The van der Waals surface area contributed by atoms with Crippen molar-refractivity contribution in [3.8, 4) is 44.5 Å². The summed E-state index contributed by atoms with van der Waals surface area (Å²) in [6.07, 6.45) is 0. The van der Waals surface area contributed by atoms with Crippen molar-refractivity contribution in [3.63, 3.8) is 0 Å². The smallest absolute Gasteiger partial charge is 0.0619 e. The van der Waals surface area contributed by atoms with Crippen LogP contribution in [0.4, 0.5) is 0 Å². The van der Waals surface area contributed by atoms with Crippen LogP contribution in [-0.4, -0.2) is 0 Å². The van der Waals surface area contributed by atoms with Crippen LogP contribution in [0.2, 0.25) is 0 Å². The summed E-state index contributed by atoms with van der Waals surface area (Å²) in [6.45, 7) is 0. The van der Waals surface area contributed by atoms with Gasteiger partial charge in [-0.05, 0) is 151 Å². The molecule has 0 saturated carbocycles. The molecule has 0 saturated heterocycles. The van der Waals surface area contributed by atoms with Gasteiger partial charge in [0.2, 0.25) is 0 Å². The Hall–Kier alpha value is -7.28. The molecule has 11 aromatic rings. The zero-order valence-electron chi connectivity index (χ0n) is 31.1. The van der Waals surface area contributed by atoms with Crippen LogP contribution in [0, 0.1) is 0 Å². The van der Waals surface area contributed by atoms with Crippen molar-refractivity contribution in [1.29, 1.82) is 0 Å². The van der Waals surface area contributed by atoms with E-state index in [9.17, 15) is 0 Å². The van der Waals surface area contributed by atoms with Crippen LogP contribution in [0.1, 0.15) is 22.3 Å². The first-order chi connectivity index (χ1) is 28.3. The second kappa shape index (κ2) is 11.4. The first kappa shape index (κ1) is 31.0. The second-order valence-electron chi connectivity index (χ2n) is 15.9. The van der Waals surface area contributed by atoms with Crippen molar-refractivity contribution < 1.29 is 0 Å². The average molecular weight is 719 g/mol. The topological polar surface area (TPSA) is 0 Å². The lowest BCUT2D eigenvalue weighted by atomic mass is 9.70. The molecule has 2 aliphatic rings. The molecule has 2 aliphatic carbocycles. The van der Waals surface area contributed by atoms with Crippen LogP contribution in [0.5, 0.6) is 0 Å². The zero-order chi connectivity index (χ0) is 37.2.